The summed E-state index contributed by atoms with van der Waals surface area (Å²) in [4.78, 5) is 58.9. The van der Waals surface area contributed by atoms with E-state index in [1.807, 2.05) is 36.4 Å². The Morgan fingerprint density at radius 1 is 1.00 bits per heavy atom. The van der Waals surface area contributed by atoms with Crippen LogP contribution in [0.25, 0.3) is 10.2 Å². The number of amides is 4. The van der Waals surface area contributed by atoms with Crippen LogP contribution < -0.4 is 32.3 Å². The summed E-state index contributed by atoms with van der Waals surface area (Å²) in [5.41, 5.74) is 8.70. The van der Waals surface area contributed by atoms with E-state index in [4.69, 9.17) is 17.3 Å². The van der Waals surface area contributed by atoms with Gasteiger partial charge in [0.15, 0.2) is 0 Å². The van der Waals surface area contributed by atoms with Crippen LogP contribution in [0.2, 0.25) is 5.02 Å². The Morgan fingerprint density at radius 2 is 1.79 bits per heavy atom. The van der Waals surface area contributed by atoms with Crippen LogP contribution in [-0.2, 0) is 32.1 Å². The maximum absolute atomic E-state index is 14.1. The molecule has 13 heteroatoms. The molecule has 2 heterocycles. The predicted octanol–water partition coefficient (Wildman–Crippen LogP) is 3.64. The molecule has 11 nitrogen and oxygen atoms in total. The molecule has 1 aromatic heterocycles. The van der Waals surface area contributed by atoms with Gasteiger partial charge in [0.1, 0.15) is 18.1 Å². The molecule has 4 atom stereocenters. The van der Waals surface area contributed by atoms with Gasteiger partial charge in [-0.2, -0.15) is 0 Å². The Kier molecular flexibility index (Phi) is 12.8. The largest absolute Gasteiger partial charge is 0.346 e. The second-order valence-electron chi connectivity index (χ2n) is 12.7. The zero-order chi connectivity index (χ0) is 34.0. The number of nitrogens with zero attached hydrogens (tertiary/aromatic N) is 1. The topological polar surface area (TPSA) is 167 Å². The van der Waals surface area contributed by atoms with Gasteiger partial charge in [-0.15, -0.1) is 11.3 Å². The molecule has 1 fully saturated rings. The Hall–Kier alpha value is -3.58. The lowest BCUT2D eigenvalue weighted by molar-refractivity contribution is -0.135. The van der Waals surface area contributed by atoms with Crippen molar-refractivity contribution in [1.82, 2.24) is 31.6 Å². The summed E-state index contributed by atoms with van der Waals surface area (Å²) < 4.78 is 0.883. The van der Waals surface area contributed by atoms with Crippen molar-refractivity contribution in [1.29, 1.82) is 0 Å². The third kappa shape index (κ3) is 9.31. The van der Waals surface area contributed by atoms with Gasteiger partial charge in [0.2, 0.25) is 23.6 Å². The Balaban J connectivity index is 1.32. The quantitative estimate of drug-likeness (QED) is 0.132. The Bertz CT molecular complexity index is 1590. The number of nitrogens with one attached hydrogen (secondary N) is 5. The van der Waals surface area contributed by atoms with Gasteiger partial charge >= 0.3 is 0 Å². The first kappa shape index (κ1) is 35.7. The summed E-state index contributed by atoms with van der Waals surface area (Å²) in [5, 5.41) is 16.6. The van der Waals surface area contributed by atoms with Crippen molar-refractivity contribution in [3.8, 4) is 0 Å². The van der Waals surface area contributed by atoms with Crippen molar-refractivity contribution >= 4 is 56.8 Å². The third-order valence-corrected chi connectivity index (χ3v) is 10.5. The first-order valence-electron chi connectivity index (χ1n) is 17.0. The summed E-state index contributed by atoms with van der Waals surface area (Å²) in [7, 11) is 0. The van der Waals surface area contributed by atoms with Gasteiger partial charge in [-0.3, -0.25) is 19.2 Å². The number of carbonyl (C=O) groups excluding carboxylic acids is 4. The second-order valence-corrected chi connectivity index (χ2v) is 14.2. The number of fused-ring (bicyclic) bond motifs is 2. The number of hydrogen-bond donors (Lipinski definition) is 6. The molecule has 4 amide bonds. The Labute approximate surface area is 290 Å². The van der Waals surface area contributed by atoms with Gasteiger partial charge in [0.25, 0.3) is 0 Å². The first-order chi connectivity index (χ1) is 23.2. The van der Waals surface area contributed by atoms with Gasteiger partial charge in [0.05, 0.1) is 21.3 Å². The number of halogens is 1. The maximum atomic E-state index is 14.1. The molecule has 1 aliphatic carbocycles. The molecule has 0 radical (unpaired) electrons. The molecular weight excluding hydrogens is 650 g/mol. The number of hydrogen-bond acceptors (Lipinski definition) is 8. The monoisotopic (exact) mass is 695 g/mol. The summed E-state index contributed by atoms with van der Waals surface area (Å²) in [6, 6.07) is 10.6. The van der Waals surface area contributed by atoms with E-state index < -0.39 is 29.9 Å². The van der Waals surface area contributed by atoms with Crippen LogP contribution in [-0.4, -0.2) is 59.8 Å². The molecule has 48 heavy (non-hydrogen) atoms. The van der Waals surface area contributed by atoms with Crippen molar-refractivity contribution in [3.63, 3.8) is 0 Å². The van der Waals surface area contributed by atoms with E-state index in [2.05, 4.69) is 31.6 Å². The average Bonchev–Trinajstić information content (AvgIpc) is 3.76. The van der Waals surface area contributed by atoms with Crippen molar-refractivity contribution in [2.24, 2.45) is 11.7 Å². The maximum Gasteiger partial charge on any atom is 0.243 e. The Morgan fingerprint density at radius 3 is 2.56 bits per heavy atom. The minimum atomic E-state index is -0.937. The molecule has 258 valence electrons. The summed E-state index contributed by atoms with van der Waals surface area (Å²) in [5.74, 6) is -1.51. The smallest absolute Gasteiger partial charge is 0.243 e. The van der Waals surface area contributed by atoms with Gasteiger partial charge in [-0.1, -0.05) is 55.6 Å². The van der Waals surface area contributed by atoms with Crippen molar-refractivity contribution in [2.45, 2.75) is 95.4 Å². The lowest BCUT2D eigenvalue weighted by atomic mass is 9.95. The number of thiazole rings is 1. The molecule has 1 saturated carbocycles. The second kappa shape index (κ2) is 17.2. The fraction of sp³-hybridized carbons (Fsp3) is 0.514. The standard InChI is InChI=1S/C35H46ClN7O4S/c1-2-30(44)39-27(18-31-40-25-15-14-23(36)17-29(25)48-31)34(46)43-32(21-9-3-4-10-21)35(47)41-26(13-7-8-16-37)33(45)42-28-20-38-19-22-11-5-6-12-24(22)28/h5-6,11-12,14-15,17,21,26-28,32,38H,2-4,7-10,13,16,18-20,37H2,1H3,(H,39,44)(H,41,47)(H,42,45)(H,43,46)/t26-,27-,28-,32-/m0/s1. The van der Waals surface area contributed by atoms with Crippen molar-refractivity contribution < 1.29 is 19.2 Å². The van der Waals surface area contributed by atoms with E-state index in [0.29, 0.717) is 42.4 Å². The minimum absolute atomic E-state index is 0.0942. The molecule has 0 spiro atoms. The predicted molar refractivity (Wildman–Crippen MR) is 188 cm³/mol. The van der Waals surface area contributed by atoms with E-state index in [1.165, 1.54) is 11.3 Å². The lowest BCUT2D eigenvalue weighted by Crippen LogP contribution is -2.59. The molecule has 2 aliphatic rings. The van der Waals surface area contributed by atoms with Crippen LogP contribution in [0.3, 0.4) is 0 Å². The first-order valence-corrected chi connectivity index (χ1v) is 18.2. The van der Waals surface area contributed by atoms with Gasteiger partial charge in [0, 0.05) is 31.0 Å². The summed E-state index contributed by atoms with van der Waals surface area (Å²) >= 11 is 7.58. The highest BCUT2D eigenvalue weighted by atomic mass is 35.5. The van der Waals surface area contributed by atoms with Crippen LogP contribution in [0, 0.1) is 5.92 Å². The number of rotatable bonds is 15. The highest BCUT2D eigenvalue weighted by Crippen LogP contribution is 2.29. The third-order valence-electron chi connectivity index (χ3n) is 9.19. The van der Waals surface area contributed by atoms with Crippen LogP contribution in [0.15, 0.2) is 42.5 Å². The lowest BCUT2D eigenvalue weighted by Gasteiger charge is -2.31. The van der Waals surface area contributed by atoms with Crippen molar-refractivity contribution in [2.75, 3.05) is 13.1 Å². The molecule has 0 saturated heterocycles. The molecule has 2 aromatic carbocycles. The molecule has 0 unspecified atom stereocenters. The molecule has 3 aromatic rings. The number of aromatic nitrogens is 1. The average molecular weight is 696 g/mol. The summed E-state index contributed by atoms with van der Waals surface area (Å²) in [6.45, 7) is 3.51. The zero-order valence-corrected chi connectivity index (χ0v) is 28.9. The zero-order valence-electron chi connectivity index (χ0n) is 27.4. The van der Waals surface area contributed by atoms with E-state index in [1.54, 1.807) is 13.0 Å². The van der Waals surface area contributed by atoms with E-state index >= 15 is 0 Å². The molecular formula is C35H46ClN7O4S. The molecule has 0 bridgehead atoms. The molecule has 1 aliphatic heterocycles. The van der Waals surface area contributed by atoms with Gasteiger partial charge in [-0.05, 0) is 73.9 Å². The number of benzene rings is 2. The fourth-order valence-electron chi connectivity index (χ4n) is 6.58. The minimum Gasteiger partial charge on any atom is -0.346 e. The van der Waals surface area contributed by atoms with Gasteiger partial charge < -0.3 is 32.3 Å². The van der Waals surface area contributed by atoms with Crippen LogP contribution in [0.5, 0.6) is 0 Å². The summed E-state index contributed by atoms with van der Waals surface area (Å²) in [6.07, 6.45) is 5.60. The SMILES string of the molecule is CCC(=O)N[C@@H](Cc1nc2ccc(Cl)cc2s1)C(=O)N[C@H](C(=O)N[C@@H](CCCCN)C(=O)N[C@H]1CNCc2ccccc21)C1CCCC1. The van der Waals surface area contributed by atoms with E-state index in [-0.39, 0.29) is 36.6 Å². The van der Waals surface area contributed by atoms with E-state index in [0.717, 1.165) is 53.6 Å². The van der Waals surface area contributed by atoms with Crippen molar-refractivity contribution in [3.05, 3.63) is 63.6 Å². The van der Waals surface area contributed by atoms with Crippen LogP contribution in [0.4, 0.5) is 0 Å². The number of unbranched alkanes of at least 4 members (excludes halogenated alkanes) is 1. The highest BCUT2D eigenvalue weighted by Gasteiger charge is 2.36. The fourth-order valence-corrected chi connectivity index (χ4v) is 7.87. The normalized spacial score (nSPS) is 18.0. The number of nitrogens with two attached hydrogens (primary N) is 1. The van der Waals surface area contributed by atoms with Gasteiger partial charge in [-0.25, -0.2) is 4.98 Å². The van der Waals surface area contributed by atoms with Crippen LogP contribution in [0.1, 0.15) is 80.5 Å². The molecule has 5 rings (SSSR count). The highest BCUT2D eigenvalue weighted by molar-refractivity contribution is 7.18. The van der Waals surface area contributed by atoms with Crippen LogP contribution >= 0.6 is 22.9 Å². The van der Waals surface area contributed by atoms with E-state index in [9.17, 15) is 19.2 Å². The number of carbonyl (C=O) groups is 4. The molecule has 7 N–H and O–H groups in total.